The number of anilines is 2. The van der Waals surface area contributed by atoms with E-state index in [9.17, 15) is 17.6 Å². The summed E-state index contributed by atoms with van der Waals surface area (Å²) in [5.74, 6) is -0.878. The molecule has 4 aromatic rings. The van der Waals surface area contributed by atoms with Crippen molar-refractivity contribution in [3.63, 3.8) is 0 Å². The molecule has 0 atom stereocenters. The van der Waals surface area contributed by atoms with Gasteiger partial charge in [-0.3, -0.25) is 9.78 Å². The van der Waals surface area contributed by atoms with Gasteiger partial charge in [0.05, 0.1) is 46.4 Å². The topological polar surface area (TPSA) is 115 Å². The van der Waals surface area contributed by atoms with Crippen molar-refractivity contribution in [2.75, 3.05) is 30.1 Å². The third-order valence-corrected chi connectivity index (χ3v) is 7.58. The highest BCUT2D eigenvalue weighted by molar-refractivity contribution is 7.90. The summed E-state index contributed by atoms with van der Waals surface area (Å²) in [6.45, 7) is 1.13. The largest absolute Gasteiger partial charge is 0.382 e. The molecule has 0 unspecified atom stereocenters. The first kappa shape index (κ1) is 25.1. The summed E-state index contributed by atoms with van der Waals surface area (Å²) >= 11 is 6.08. The molecule has 1 amide bonds. The minimum Gasteiger partial charge on any atom is -0.382 e. The molecule has 1 aliphatic heterocycles. The lowest BCUT2D eigenvalue weighted by Gasteiger charge is -2.27. The van der Waals surface area contributed by atoms with Crippen LogP contribution in [-0.2, 0) is 21.1 Å². The van der Waals surface area contributed by atoms with Gasteiger partial charge < -0.3 is 15.4 Å². The standard InChI is InChI=1S/C26H22ClFN4O4S/c1-37(34,35)24-10-19(28)5-7-23(24)32(26(33)17-4-6-21(30-11-17)18-13-36-14-18)12-15-2-3-16-9-20(27)25(29)31-22(16)8-15/h2-11,18H,12-14H2,1H3,(H2,29,31). The van der Waals surface area contributed by atoms with Crippen LogP contribution in [0.3, 0.4) is 0 Å². The van der Waals surface area contributed by atoms with E-state index in [4.69, 9.17) is 22.1 Å². The first-order valence-electron chi connectivity index (χ1n) is 11.3. The number of hydrogen-bond acceptors (Lipinski definition) is 7. The fraction of sp³-hybridized carbons (Fsp3) is 0.192. The number of nitrogens with two attached hydrogens (primary N) is 1. The zero-order valence-corrected chi connectivity index (χ0v) is 21.3. The minimum atomic E-state index is -3.87. The van der Waals surface area contributed by atoms with E-state index in [1.54, 1.807) is 36.4 Å². The van der Waals surface area contributed by atoms with Crippen LogP contribution in [0.2, 0.25) is 5.02 Å². The van der Waals surface area contributed by atoms with E-state index >= 15 is 0 Å². The molecule has 0 radical (unpaired) electrons. The average molecular weight is 541 g/mol. The summed E-state index contributed by atoms with van der Waals surface area (Å²) in [7, 11) is -3.87. The lowest BCUT2D eigenvalue weighted by Crippen LogP contribution is -2.32. The molecule has 0 aliphatic carbocycles. The number of aromatic nitrogens is 2. The lowest BCUT2D eigenvalue weighted by atomic mass is 10.0. The van der Waals surface area contributed by atoms with Crippen LogP contribution < -0.4 is 10.6 Å². The van der Waals surface area contributed by atoms with Gasteiger partial charge in [0.2, 0.25) is 0 Å². The van der Waals surface area contributed by atoms with Crippen LogP contribution in [0.15, 0.2) is 65.7 Å². The van der Waals surface area contributed by atoms with Gasteiger partial charge in [0.15, 0.2) is 9.84 Å². The van der Waals surface area contributed by atoms with Gasteiger partial charge in [0.1, 0.15) is 11.6 Å². The number of benzene rings is 2. The SMILES string of the molecule is CS(=O)(=O)c1cc(F)ccc1N(Cc1ccc2cc(Cl)c(N)nc2c1)C(=O)c1ccc(C2COC2)nc1. The predicted octanol–water partition coefficient (Wildman–Crippen LogP) is 4.37. The summed E-state index contributed by atoms with van der Waals surface area (Å²) in [6, 6.07) is 13.7. The molecule has 0 spiro atoms. The van der Waals surface area contributed by atoms with E-state index in [0.717, 1.165) is 29.5 Å². The molecule has 8 nitrogen and oxygen atoms in total. The third kappa shape index (κ3) is 5.13. The number of nitrogens with zero attached hydrogens (tertiary/aromatic N) is 3. The summed E-state index contributed by atoms with van der Waals surface area (Å²) in [5, 5.41) is 1.07. The van der Waals surface area contributed by atoms with Crippen molar-refractivity contribution in [2.24, 2.45) is 0 Å². The van der Waals surface area contributed by atoms with Gasteiger partial charge in [-0.15, -0.1) is 0 Å². The van der Waals surface area contributed by atoms with Crippen molar-refractivity contribution < 1.29 is 22.3 Å². The van der Waals surface area contributed by atoms with Gasteiger partial charge in [0, 0.05) is 29.5 Å². The number of hydrogen-bond donors (Lipinski definition) is 1. The second-order valence-corrected chi connectivity index (χ2v) is 11.3. The zero-order chi connectivity index (χ0) is 26.3. The number of sulfone groups is 1. The number of ether oxygens (including phenoxy) is 1. The fourth-order valence-corrected chi connectivity index (χ4v) is 5.14. The van der Waals surface area contributed by atoms with Gasteiger partial charge in [-0.25, -0.2) is 17.8 Å². The molecule has 2 aromatic heterocycles. The van der Waals surface area contributed by atoms with Crippen LogP contribution in [0.4, 0.5) is 15.9 Å². The third-order valence-electron chi connectivity index (χ3n) is 6.15. The molecule has 3 heterocycles. The van der Waals surface area contributed by atoms with Crippen molar-refractivity contribution in [1.29, 1.82) is 0 Å². The predicted molar refractivity (Wildman–Crippen MR) is 139 cm³/mol. The Labute approximate surface area is 217 Å². The van der Waals surface area contributed by atoms with Crippen LogP contribution in [-0.4, -0.2) is 43.8 Å². The lowest BCUT2D eigenvalue weighted by molar-refractivity contribution is 0.00671. The Balaban J connectivity index is 1.58. The van der Waals surface area contributed by atoms with Crippen molar-refractivity contribution in [1.82, 2.24) is 9.97 Å². The Kier molecular flexibility index (Phi) is 6.57. The number of carbonyl (C=O) groups excluding carboxylic acids is 1. The molecule has 1 aliphatic rings. The number of amides is 1. The highest BCUT2D eigenvalue weighted by atomic mass is 35.5. The summed E-state index contributed by atoms with van der Waals surface area (Å²) in [4.78, 5) is 23.5. The number of halogens is 2. The van der Waals surface area contributed by atoms with Crippen molar-refractivity contribution in [3.8, 4) is 0 Å². The maximum Gasteiger partial charge on any atom is 0.260 e. The van der Waals surface area contributed by atoms with Crippen molar-refractivity contribution in [3.05, 3.63) is 88.5 Å². The molecular formula is C26H22ClFN4O4S. The van der Waals surface area contributed by atoms with Crippen LogP contribution >= 0.6 is 11.6 Å². The number of fused-ring (bicyclic) bond motifs is 1. The average Bonchev–Trinajstić information content (AvgIpc) is 2.82. The smallest absolute Gasteiger partial charge is 0.260 e. The molecule has 11 heteroatoms. The van der Waals surface area contributed by atoms with E-state index < -0.39 is 21.6 Å². The van der Waals surface area contributed by atoms with E-state index in [0.29, 0.717) is 29.3 Å². The Morgan fingerprint density at radius 2 is 1.95 bits per heavy atom. The van der Waals surface area contributed by atoms with Gasteiger partial charge in [-0.1, -0.05) is 23.7 Å². The minimum absolute atomic E-state index is 0.0225. The molecule has 190 valence electrons. The van der Waals surface area contributed by atoms with Gasteiger partial charge in [-0.2, -0.15) is 0 Å². The highest BCUT2D eigenvalue weighted by Crippen LogP contribution is 2.31. The van der Waals surface area contributed by atoms with Gasteiger partial charge >= 0.3 is 0 Å². The maximum atomic E-state index is 14.1. The molecule has 1 saturated heterocycles. The molecule has 5 rings (SSSR count). The molecule has 2 N–H and O–H groups in total. The van der Waals surface area contributed by atoms with Crippen LogP contribution in [0.5, 0.6) is 0 Å². The van der Waals surface area contributed by atoms with E-state index in [-0.39, 0.29) is 34.4 Å². The molecule has 0 saturated carbocycles. The number of rotatable bonds is 6. The normalized spacial score (nSPS) is 13.9. The first-order valence-corrected chi connectivity index (χ1v) is 13.6. The molecule has 37 heavy (non-hydrogen) atoms. The Bertz CT molecular complexity index is 1630. The Morgan fingerprint density at radius 1 is 1.16 bits per heavy atom. The molecule has 0 bridgehead atoms. The van der Waals surface area contributed by atoms with Crippen LogP contribution in [0.25, 0.3) is 10.9 Å². The van der Waals surface area contributed by atoms with E-state index in [1.807, 2.05) is 0 Å². The number of nitrogen functional groups attached to an aromatic ring is 1. The molecular weight excluding hydrogens is 519 g/mol. The Hall–Kier alpha value is -3.60. The van der Waals surface area contributed by atoms with Gasteiger partial charge in [0.25, 0.3) is 5.91 Å². The van der Waals surface area contributed by atoms with Gasteiger partial charge in [-0.05, 0) is 48.0 Å². The summed E-state index contributed by atoms with van der Waals surface area (Å²) in [6.07, 6.45) is 2.43. The van der Waals surface area contributed by atoms with E-state index in [1.165, 1.54) is 17.2 Å². The van der Waals surface area contributed by atoms with Crippen LogP contribution in [0, 0.1) is 5.82 Å². The second kappa shape index (κ2) is 9.70. The van der Waals surface area contributed by atoms with E-state index in [2.05, 4.69) is 9.97 Å². The zero-order valence-electron chi connectivity index (χ0n) is 19.7. The van der Waals surface area contributed by atoms with Crippen molar-refractivity contribution in [2.45, 2.75) is 17.4 Å². The number of carbonyl (C=O) groups is 1. The molecule has 2 aromatic carbocycles. The first-order chi connectivity index (χ1) is 17.6. The summed E-state index contributed by atoms with van der Waals surface area (Å²) < 4.78 is 44.4. The summed E-state index contributed by atoms with van der Waals surface area (Å²) in [5.41, 5.74) is 8.18. The number of pyridine rings is 2. The fourth-order valence-electron chi connectivity index (χ4n) is 4.09. The Morgan fingerprint density at radius 3 is 2.59 bits per heavy atom. The molecule has 1 fully saturated rings. The monoisotopic (exact) mass is 540 g/mol. The maximum absolute atomic E-state index is 14.1. The van der Waals surface area contributed by atoms with Crippen LogP contribution in [0.1, 0.15) is 27.5 Å². The quantitative estimate of drug-likeness (QED) is 0.386. The van der Waals surface area contributed by atoms with Crippen molar-refractivity contribution >= 4 is 49.8 Å². The highest BCUT2D eigenvalue weighted by Gasteiger charge is 2.27. The second-order valence-electron chi connectivity index (χ2n) is 8.86.